The van der Waals surface area contributed by atoms with Gasteiger partial charge in [0.1, 0.15) is 11.6 Å². The summed E-state index contributed by atoms with van der Waals surface area (Å²) >= 11 is 5.81. The summed E-state index contributed by atoms with van der Waals surface area (Å²) in [6.07, 6.45) is 1.58. The number of hydrogen-bond acceptors (Lipinski definition) is 2. The number of amides is 1. The number of carbonyl (C=O) groups excluding carboxylic acids is 1. The van der Waals surface area contributed by atoms with Crippen molar-refractivity contribution in [1.82, 2.24) is 4.98 Å². The van der Waals surface area contributed by atoms with Gasteiger partial charge in [-0.05, 0) is 36.8 Å². The summed E-state index contributed by atoms with van der Waals surface area (Å²) in [5, 5.41) is 2.70. The smallest absolute Gasteiger partial charge is 0.258 e. The van der Waals surface area contributed by atoms with E-state index in [2.05, 4.69) is 10.3 Å². The van der Waals surface area contributed by atoms with Crippen molar-refractivity contribution in [3.63, 3.8) is 0 Å². The van der Waals surface area contributed by atoms with Crippen molar-refractivity contribution in [2.75, 3.05) is 5.32 Å². The summed E-state index contributed by atoms with van der Waals surface area (Å²) in [4.78, 5) is 16.0. The Morgan fingerprint density at radius 2 is 2.17 bits per heavy atom. The van der Waals surface area contributed by atoms with Gasteiger partial charge in [0.25, 0.3) is 5.91 Å². The Bertz CT molecular complexity index is 601. The lowest BCUT2D eigenvalue weighted by molar-refractivity contribution is 0.102. The molecule has 0 unspecified atom stereocenters. The zero-order chi connectivity index (χ0) is 13.1. The van der Waals surface area contributed by atoms with E-state index in [0.717, 1.165) is 11.6 Å². The van der Waals surface area contributed by atoms with Crippen LogP contribution in [0.1, 0.15) is 15.9 Å². The third-order valence-corrected chi connectivity index (χ3v) is 2.73. The van der Waals surface area contributed by atoms with Crippen molar-refractivity contribution >= 4 is 23.3 Å². The van der Waals surface area contributed by atoms with Gasteiger partial charge < -0.3 is 5.32 Å². The van der Waals surface area contributed by atoms with E-state index in [1.165, 1.54) is 12.1 Å². The minimum Gasteiger partial charge on any atom is -0.306 e. The van der Waals surface area contributed by atoms with Crippen molar-refractivity contribution < 1.29 is 9.18 Å². The average molecular weight is 265 g/mol. The van der Waals surface area contributed by atoms with E-state index in [9.17, 15) is 9.18 Å². The molecule has 0 aliphatic carbocycles. The number of rotatable bonds is 2. The lowest BCUT2D eigenvalue weighted by atomic mass is 10.2. The van der Waals surface area contributed by atoms with Crippen LogP contribution in [0, 0.1) is 12.7 Å². The first-order valence-electron chi connectivity index (χ1n) is 5.26. The minimum atomic E-state index is -0.481. The highest BCUT2D eigenvalue weighted by atomic mass is 35.5. The summed E-state index contributed by atoms with van der Waals surface area (Å²) in [5.41, 5.74) is 1.05. The van der Waals surface area contributed by atoms with Crippen LogP contribution in [0.2, 0.25) is 5.02 Å². The molecule has 0 radical (unpaired) electrons. The summed E-state index contributed by atoms with van der Waals surface area (Å²) in [6.45, 7) is 1.83. The summed E-state index contributed by atoms with van der Waals surface area (Å²) < 4.78 is 12.9. The largest absolute Gasteiger partial charge is 0.306 e. The van der Waals surface area contributed by atoms with E-state index >= 15 is 0 Å². The molecule has 1 heterocycles. The molecule has 1 aromatic carbocycles. The second kappa shape index (κ2) is 5.14. The molecule has 0 aliphatic heterocycles. The molecule has 1 aromatic heterocycles. The lowest BCUT2D eigenvalue weighted by Crippen LogP contribution is -2.14. The highest BCUT2D eigenvalue weighted by molar-refractivity contribution is 6.34. The molecule has 18 heavy (non-hydrogen) atoms. The van der Waals surface area contributed by atoms with Gasteiger partial charge in [0.05, 0.1) is 10.6 Å². The number of anilines is 1. The fourth-order valence-corrected chi connectivity index (χ4v) is 1.72. The maximum Gasteiger partial charge on any atom is 0.258 e. The Labute approximate surface area is 109 Å². The van der Waals surface area contributed by atoms with Crippen molar-refractivity contribution in [2.24, 2.45) is 0 Å². The second-order valence-corrected chi connectivity index (χ2v) is 4.15. The fourth-order valence-electron chi connectivity index (χ4n) is 1.47. The minimum absolute atomic E-state index is 0.0704. The van der Waals surface area contributed by atoms with E-state index in [4.69, 9.17) is 11.6 Å². The van der Waals surface area contributed by atoms with E-state index < -0.39 is 11.7 Å². The average Bonchev–Trinajstić information content (AvgIpc) is 2.32. The lowest BCUT2D eigenvalue weighted by Gasteiger charge is -2.08. The molecule has 0 aliphatic rings. The Hall–Kier alpha value is -1.94. The van der Waals surface area contributed by atoms with Gasteiger partial charge in [-0.25, -0.2) is 9.37 Å². The van der Waals surface area contributed by atoms with Crippen LogP contribution in [0.4, 0.5) is 10.2 Å². The summed E-state index contributed by atoms with van der Waals surface area (Å²) in [7, 11) is 0. The van der Waals surface area contributed by atoms with Crippen LogP contribution < -0.4 is 5.32 Å². The molecule has 92 valence electrons. The van der Waals surface area contributed by atoms with Gasteiger partial charge in [0, 0.05) is 6.20 Å². The Morgan fingerprint density at radius 3 is 2.83 bits per heavy atom. The molecule has 0 saturated carbocycles. The van der Waals surface area contributed by atoms with E-state index in [-0.39, 0.29) is 10.6 Å². The molecule has 0 spiro atoms. The summed E-state index contributed by atoms with van der Waals surface area (Å²) in [6, 6.07) is 7.23. The summed E-state index contributed by atoms with van der Waals surface area (Å²) in [5.74, 6) is -0.435. The van der Waals surface area contributed by atoms with Crippen LogP contribution in [-0.2, 0) is 0 Å². The monoisotopic (exact) mass is 264 g/mol. The third kappa shape index (κ3) is 2.65. The maximum atomic E-state index is 12.9. The number of carbonyl (C=O) groups is 1. The van der Waals surface area contributed by atoms with Crippen LogP contribution in [-0.4, -0.2) is 10.9 Å². The van der Waals surface area contributed by atoms with E-state index in [0.29, 0.717) is 5.82 Å². The van der Waals surface area contributed by atoms with Gasteiger partial charge in [0.15, 0.2) is 0 Å². The van der Waals surface area contributed by atoms with Crippen LogP contribution in [0.15, 0.2) is 36.5 Å². The molecular formula is C13H10ClFN2O. The first-order valence-corrected chi connectivity index (χ1v) is 5.64. The van der Waals surface area contributed by atoms with Gasteiger partial charge in [-0.1, -0.05) is 17.7 Å². The number of nitrogens with zero attached hydrogens (tertiary/aromatic N) is 1. The molecule has 2 aromatic rings. The molecule has 0 atom stereocenters. The molecule has 0 saturated heterocycles. The van der Waals surface area contributed by atoms with Crippen LogP contribution >= 0.6 is 11.6 Å². The number of nitrogens with one attached hydrogen (secondary N) is 1. The zero-order valence-corrected chi connectivity index (χ0v) is 10.3. The quantitative estimate of drug-likeness (QED) is 0.903. The van der Waals surface area contributed by atoms with Gasteiger partial charge >= 0.3 is 0 Å². The third-order valence-electron chi connectivity index (χ3n) is 2.42. The predicted molar refractivity (Wildman–Crippen MR) is 68.3 cm³/mol. The second-order valence-electron chi connectivity index (χ2n) is 3.75. The predicted octanol–water partition coefficient (Wildman–Crippen LogP) is 3.43. The Kier molecular flexibility index (Phi) is 3.58. The highest BCUT2D eigenvalue weighted by Gasteiger charge is 2.12. The topological polar surface area (TPSA) is 42.0 Å². The van der Waals surface area contributed by atoms with Gasteiger partial charge in [-0.2, -0.15) is 0 Å². The van der Waals surface area contributed by atoms with Crippen molar-refractivity contribution in [1.29, 1.82) is 0 Å². The molecule has 1 N–H and O–H groups in total. The van der Waals surface area contributed by atoms with Crippen molar-refractivity contribution in [3.8, 4) is 0 Å². The van der Waals surface area contributed by atoms with E-state index in [1.54, 1.807) is 12.3 Å². The Morgan fingerprint density at radius 1 is 1.39 bits per heavy atom. The molecule has 2 rings (SSSR count). The van der Waals surface area contributed by atoms with Gasteiger partial charge in [-0.15, -0.1) is 0 Å². The molecule has 0 bridgehead atoms. The zero-order valence-electron chi connectivity index (χ0n) is 9.58. The first kappa shape index (κ1) is 12.5. The maximum absolute atomic E-state index is 12.9. The molecule has 3 nitrogen and oxygen atoms in total. The number of aromatic nitrogens is 1. The molecular weight excluding hydrogens is 255 g/mol. The number of aryl methyl sites for hydroxylation is 1. The number of benzene rings is 1. The highest BCUT2D eigenvalue weighted by Crippen LogP contribution is 2.19. The Balaban J connectivity index is 2.25. The first-order chi connectivity index (χ1) is 8.58. The fraction of sp³-hybridized carbons (Fsp3) is 0.0769. The van der Waals surface area contributed by atoms with Crippen LogP contribution in [0.5, 0.6) is 0 Å². The number of halogens is 2. The van der Waals surface area contributed by atoms with Crippen LogP contribution in [0.3, 0.4) is 0 Å². The molecule has 1 amide bonds. The van der Waals surface area contributed by atoms with Crippen molar-refractivity contribution in [2.45, 2.75) is 6.92 Å². The molecule has 5 heteroatoms. The molecule has 0 fully saturated rings. The number of hydrogen-bond donors (Lipinski definition) is 1. The van der Waals surface area contributed by atoms with Crippen LogP contribution in [0.25, 0.3) is 0 Å². The standard InChI is InChI=1S/C13H10ClFN2O/c1-8-3-2-6-16-12(8)17-13(18)10-5-4-9(15)7-11(10)14/h2-7H,1H3,(H,16,17,18). The van der Waals surface area contributed by atoms with Gasteiger partial charge in [0.2, 0.25) is 0 Å². The van der Waals surface area contributed by atoms with Gasteiger partial charge in [-0.3, -0.25) is 4.79 Å². The van der Waals surface area contributed by atoms with Crippen molar-refractivity contribution in [3.05, 3.63) is 58.5 Å². The SMILES string of the molecule is Cc1cccnc1NC(=O)c1ccc(F)cc1Cl. The normalized spacial score (nSPS) is 10.2. The van der Waals surface area contributed by atoms with E-state index in [1.807, 2.05) is 13.0 Å². The number of pyridine rings is 1.